The Morgan fingerprint density at radius 2 is 1.18 bits per heavy atom. The molecule has 2 nitrogen and oxygen atoms in total. The molecule has 108 valence electrons. The lowest BCUT2D eigenvalue weighted by molar-refractivity contribution is -0.304. The summed E-state index contributed by atoms with van der Waals surface area (Å²) in [5.74, 6) is -1.06. The molecule has 0 aromatic heterocycles. The molecule has 2 heteroatoms. The first-order valence-corrected chi connectivity index (χ1v) is 7.17. The fourth-order valence-corrected chi connectivity index (χ4v) is 2.57. The lowest BCUT2D eigenvalue weighted by atomic mass is 9.94. The van der Waals surface area contributed by atoms with Gasteiger partial charge in [0.05, 0.1) is 0 Å². The highest BCUT2D eigenvalue weighted by Crippen LogP contribution is 2.31. The molecule has 0 bridgehead atoms. The Morgan fingerprint density at radius 3 is 1.73 bits per heavy atom. The van der Waals surface area contributed by atoms with E-state index >= 15 is 0 Å². The summed E-state index contributed by atoms with van der Waals surface area (Å²) in [6.07, 6.45) is -0.0549. The minimum Gasteiger partial charge on any atom is -0.550 e. The van der Waals surface area contributed by atoms with Crippen LogP contribution in [0.5, 0.6) is 0 Å². The molecular weight excluding hydrogens is 272 g/mol. The van der Waals surface area contributed by atoms with Crippen LogP contribution in [0.25, 0.3) is 22.3 Å². The van der Waals surface area contributed by atoms with E-state index in [4.69, 9.17) is 0 Å². The van der Waals surface area contributed by atoms with Crippen molar-refractivity contribution in [1.29, 1.82) is 0 Å². The Hall–Kier alpha value is -2.87. The van der Waals surface area contributed by atoms with E-state index in [1.165, 1.54) is 0 Å². The maximum absolute atomic E-state index is 10.7. The summed E-state index contributed by atoms with van der Waals surface area (Å²) in [5, 5.41) is 10.7. The van der Waals surface area contributed by atoms with E-state index in [0.717, 1.165) is 27.8 Å². The van der Waals surface area contributed by atoms with E-state index < -0.39 is 5.97 Å². The van der Waals surface area contributed by atoms with Crippen LogP contribution in [0.3, 0.4) is 0 Å². The molecule has 22 heavy (non-hydrogen) atoms. The number of aliphatic carboxylic acids is 1. The Balaban J connectivity index is 2.00. The number of carbonyl (C=O) groups excluding carboxylic acids is 1. The monoisotopic (exact) mass is 287 g/mol. The SMILES string of the molecule is O=C([O-])Cc1ccc(-c2ccccc2-c2ccccc2)cc1. The van der Waals surface area contributed by atoms with Crippen molar-refractivity contribution in [2.24, 2.45) is 0 Å². The average molecular weight is 287 g/mol. The topological polar surface area (TPSA) is 40.1 Å². The minimum atomic E-state index is -1.06. The van der Waals surface area contributed by atoms with Crippen molar-refractivity contribution in [3.63, 3.8) is 0 Å². The minimum absolute atomic E-state index is 0.0549. The van der Waals surface area contributed by atoms with Crippen LogP contribution in [0.2, 0.25) is 0 Å². The lowest BCUT2D eigenvalue weighted by Gasteiger charge is -2.11. The number of carboxylic acids is 1. The number of rotatable bonds is 4. The molecule has 0 radical (unpaired) electrons. The molecule has 0 heterocycles. The van der Waals surface area contributed by atoms with Gasteiger partial charge in [0.2, 0.25) is 0 Å². The second-order valence-electron chi connectivity index (χ2n) is 5.16. The molecule has 3 aromatic rings. The van der Waals surface area contributed by atoms with Gasteiger partial charge in [0.25, 0.3) is 0 Å². The highest BCUT2D eigenvalue weighted by atomic mass is 16.4. The number of carboxylic acid groups (broad SMARTS) is 1. The Labute approximate surface area is 129 Å². The third-order valence-corrected chi connectivity index (χ3v) is 3.63. The molecule has 0 unspecified atom stereocenters. The molecule has 3 rings (SSSR count). The Morgan fingerprint density at radius 1 is 0.682 bits per heavy atom. The van der Waals surface area contributed by atoms with Crippen LogP contribution in [0.1, 0.15) is 5.56 Å². The first-order chi connectivity index (χ1) is 10.7. The van der Waals surface area contributed by atoms with Crippen LogP contribution >= 0.6 is 0 Å². The second kappa shape index (κ2) is 6.27. The van der Waals surface area contributed by atoms with Gasteiger partial charge in [-0.05, 0) is 27.8 Å². The van der Waals surface area contributed by atoms with Gasteiger partial charge in [-0.15, -0.1) is 0 Å². The summed E-state index contributed by atoms with van der Waals surface area (Å²) in [6.45, 7) is 0. The lowest BCUT2D eigenvalue weighted by Crippen LogP contribution is -2.24. The van der Waals surface area contributed by atoms with E-state index in [1.54, 1.807) is 0 Å². The fraction of sp³-hybridized carbons (Fsp3) is 0.0500. The second-order valence-corrected chi connectivity index (χ2v) is 5.16. The van der Waals surface area contributed by atoms with E-state index in [-0.39, 0.29) is 6.42 Å². The van der Waals surface area contributed by atoms with Crippen molar-refractivity contribution in [2.75, 3.05) is 0 Å². The normalized spacial score (nSPS) is 10.4. The third-order valence-electron chi connectivity index (χ3n) is 3.63. The standard InChI is InChI=1S/C20H16O2/c21-20(22)14-15-10-12-17(13-11-15)19-9-5-4-8-18(19)16-6-2-1-3-7-16/h1-13H,14H2,(H,21,22)/p-1. The fourth-order valence-electron chi connectivity index (χ4n) is 2.57. The van der Waals surface area contributed by atoms with Gasteiger partial charge in [0.1, 0.15) is 0 Å². The molecule has 0 fully saturated rings. The van der Waals surface area contributed by atoms with Gasteiger partial charge < -0.3 is 9.90 Å². The van der Waals surface area contributed by atoms with Crippen LogP contribution in [0, 0.1) is 0 Å². The van der Waals surface area contributed by atoms with Crippen molar-refractivity contribution in [3.8, 4) is 22.3 Å². The molecule has 0 saturated heterocycles. The maximum Gasteiger partial charge on any atom is 0.0458 e. The van der Waals surface area contributed by atoms with Crippen LogP contribution in [-0.4, -0.2) is 5.97 Å². The predicted molar refractivity (Wildman–Crippen MR) is 86.0 cm³/mol. The summed E-state index contributed by atoms with van der Waals surface area (Å²) in [7, 11) is 0. The molecule has 0 amide bonds. The molecule has 0 aliphatic heterocycles. The van der Waals surface area contributed by atoms with Gasteiger partial charge >= 0.3 is 0 Å². The first kappa shape index (κ1) is 14.1. The molecule has 0 aliphatic carbocycles. The molecule has 0 atom stereocenters. The highest BCUT2D eigenvalue weighted by Gasteiger charge is 2.06. The van der Waals surface area contributed by atoms with E-state index in [9.17, 15) is 9.90 Å². The highest BCUT2D eigenvalue weighted by molar-refractivity contribution is 5.83. The molecule has 0 aliphatic rings. The van der Waals surface area contributed by atoms with Gasteiger partial charge in [-0.2, -0.15) is 0 Å². The van der Waals surface area contributed by atoms with Gasteiger partial charge in [-0.3, -0.25) is 0 Å². The largest absolute Gasteiger partial charge is 0.550 e. The molecule has 3 aromatic carbocycles. The summed E-state index contributed by atoms with van der Waals surface area (Å²) in [6, 6.07) is 26.0. The quantitative estimate of drug-likeness (QED) is 0.738. The zero-order valence-electron chi connectivity index (χ0n) is 12.0. The van der Waals surface area contributed by atoms with Crippen LogP contribution in [-0.2, 0) is 11.2 Å². The van der Waals surface area contributed by atoms with Gasteiger partial charge in [-0.1, -0.05) is 78.9 Å². The van der Waals surface area contributed by atoms with Crippen LogP contribution < -0.4 is 5.11 Å². The maximum atomic E-state index is 10.7. The molecule has 0 spiro atoms. The Bertz CT molecular complexity index is 774. The summed E-state index contributed by atoms with van der Waals surface area (Å²) in [4.78, 5) is 10.7. The molecular formula is C20H15O2-. The van der Waals surface area contributed by atoms with Crippen molar-refractivity contribution >= 4 is 5.97 Å². The average Bonchev–Trinajstić information content (AvgIpc) is 2.56. The van der Waals surface area contributed by atoms with Crippen molar-refractivity contribution in [1.82, 2.24) is 0 Å². The van der Waals surface area contributed by atoms with Gasteiger partial charge in [0, 0.05) is 12.4 Å². The van der Waals surface area contributed by atoms with E-state index in [0.29, 0.717) is 0 Å². The molecule has 0 N–H and O–H groups in total. The Kier molecular flexibility index (Phi) is 4.01. The number of hydrogen-bond acceptors (Lipinski definition) is 2. The smallest absolute Gasteiger partial charge is 0.0458 e. The first-order valence-electron chi connectivity index (χ1n) is 7.17. The third kappa shape index (κ3) is 3.07. The van der Waals surface area contributed by atoms with Crippen LogP contribution in [0.15, 0.2) is 78.9 Å². The van der Waals surface area contributed by atoms with Crippen molar-refractivity contribution in [3.05, 3.63) is 84.4 Å². The summed E-state index contributed by atoms with van der Waals surface area (Å²) < 4.78 is 0. The zero-order valence-corrected chi connectivity index (χ0v) is 12.0. The van der Waals surface area contributed by atoms with E-state index in [2.05, 4.69) is 24.3 Å². The van der Waals surface area contributed by atoms with Crippen LogP contribution in [0.4, 0.5) is 0 Å². The van der Waals surface area contributed by atoms with Gasteiger partial charge in [0.15, 0.2) is 0 Å². The zero-order chi connectivity index (χ0) is 15.4. The number of carbonyl (C=O) groups is 1. The van der Waals surface area contributed by atoms with Gasteiger partial charge in [-0.25, -0.2) is 0 Å². The molecule has 0 saturated carbocycles. The summed E-state index contributed by atoms with van der Waals surface area (Å²) >= 11 is 0. The van der Waals surface area contributed by atoms with Crippen molar-refractivity contribution < 1.29 is 9.90 Å². The number of benzene rings is 3. The predicted octanol–water partition coefficient (Wildman–Crippen LogP) is 3.31. The summed E-state index contributed by atoms with van der Waals surface area (Å²) in [5.41, 5.74) is 5.28. The van der Waals surface area contributed by atoms with E-state index in [1.807, 2.05) is 54.6 Å². The number of hydrogen-bond donors (Lipinski definition) is 0. The van der Waals surface area contributed by atoms with Crippen molar-refractivity contribution in [2.45, 2.75) is 6.42 Å².